The molecule has 0 aliphatic rings. The first-order valence-electron chi connectivity index (χ1n) is 3.68. The highest BCUT2D eigenvalue weighted by molar-refractivity contribution is 5.51. The van der Waals surface area contributed by atoms with Crippen LogP contribution in [0.15, 0.2) is 6.07 Å². The molecule has 0 saturated carbocycles. The Morgan fingerprint density at radius 2 is 2.29 bits per heavy atom. The van der Waals surface area contributed by atoms with Gasteiger partial charge in [-0.3, -0.25) is 0 Å². The van der Waals surface area contributed by atoms with Gasteiger partial charge in [-0.2, -0.15) is 5.26 Å². The number of nitrogens with two attached hydrogens (primary N) is 1. The molecule has 0 aromatic carbocycles. The number of rotatable bonds is 2. The summed E-state index contributed by atoms with van der Waals surface area (Å²) in [6, 6.07) is 2.59. The van der Waals surface area contributed by atoms with Crippen LogP contribution < -0.4 is 5.73 Å². The number of aliphatic hydroxyl groups is 1. The molecule has 0 spiro atoms. The monoisotopic (exact) mass is 199 g/mol. The number of nitriles is 1. The average Bonchev–Trinajstić information content (AvgIpc) is 2.16. The average molecular weight is 199 g/mol. The summed E-state index contributed by atoms with van der Waals surface area (Å²) in [5.41, 5.74) is 4.74. The number of alkyl halides is 2. The quantitative estimate of drug-likeness (QED) is 0.743. The summed E-state index contributed by atoms with van der Waals surface area (Å²) in [6.45, 7) is -0.495. The molecule has 0 bridgehead atoms. The Morgan fingerprint density at radius 1 is 1.64 bits per heavy atom. The number of aromatic nitrogens is 1. The molecule has 4 nitrogen and oxygen atoms in total. The van der Waals surface area contributed by atoms with Crippen molar-refractivity contribution in [3.63, 3.8) is 0 Å². The van der Waals surface area contributed by atoms with Crippen molar-refractivity contribution < 1.29 is 13.9 Å². The van der Waals surface area contributed by atoms with E-state index in [1.807, 2.05) is 0 Å². The van der Waals surface area contributed by atoms with E-state index in [1.54, 1.807) is 6.07 Å². The second-order valence-corrected chi connectivity index (χ2v) is 2.53. The van der Waals surface area contributed by atoms with Gasteiger partial charge < -0.3 is 10.8 Å². The molecule has 0 saturated heterocycles. The lowest BCUT2D eigenvalue weighted by Gasteiger charge is -2.06. The lowest BCUT2D eigenvalue weighted by molar-refractivity contribution is 0.146. The zero-order chi connectivity index (χ0) is 10.7. The van der Waals surface area contributed by atoms with Gasteiger partial charge in [-0.25, -0.2) is 13.8 Å². The van der Waals surface area contributed by atoms with Gasteiger partial charge in [-0.1, -0.05) is 0 Å². The Kier molecular flexibility index (Phi) is 2.94. The van der Waals surface area contributed by atoms with Gasteiger partial charge in [-0.15, -0.1) is 0 Å². The number of hydrogen-bond acceptors (Lipinski definition) is 4. The largest absolute Gasteiger partial charge is 0.391 e. The summed E-state index contributed by atoms with van der Waals surface area (Å²) in [5, 5.41) is 17.4. The number of anilines is 1. The lowest BCUT2D eigenvalue weighted by atomic mass is 10.1. The number of nitrogens with zero attached hydrogens (tertiary/aromatic N) is 2. The molecule has 0 amide bonds. The first kappa shape index (κ1) is 10.3. The van der Waals surface area contributed by atoms with E-state index >= 15 is 0 Å². The van der Waals surface area contributed by atoms with Crippen LogP contribution in [-0.4, -0.2) is 10.1 Å². The van der Waals surface area contributed by atoms with Gasteiger partial charge in [0, 0.05) is 5.56 Å². The first-order chi connectivity index (χ1) is 6.60. The van der Waals surface area contributed by atoms with Crippen molar-refractivity contribution >= 4 is 5.82 Å². The number of hydrogen-bond donors (Lipinski definition) is 2. The molecule has 0 unspecified atom stereocenters. The van der Waals surface area contributed by atoms with Crippen LogP contribution in [0, 0.1) is 11.3 Å². The molecule has 0 atom stereocenters. The van der Waals surface area contributed by atoms with Crippen LogP contribution in [-0.2, 0) is 6.61 Å². The van der Waals surface area contributed by atoms with E-state index in [-0.39, 0.29) is 16.9 Å². The summed E-state index contributed by atoms with van der Waals surface area (Å²) in [6.07, 6.45) is -2.78. The van der Waals surface area contributed by atoms with Crippen LogP contribution >= 0.6 is 0 Å². The third-order valence-corrected chi connectivity index (χ3v) is 1.68. The molecule has 0 aliphatic heterocycles. The fourth-order valence-electron chi connectivity index (χ4n) is 0.990. The highest BCUT2D eigenvalue weighted by Gasteiger charge is 2.15. The minimum absolute atomic E-state index is 0.0738. The maximum absolute atomic E-state index is 12.2. The van der Waals surface area contributed by atoms with Crippen molar-refractivity contribution in [2.75, 3.05) is 5.73 Å². The molecule has 0 fully saturated rings. The van der Waals surface area contributed by atoms with Crippen molar-refractivity contribution in [2.45, 2.75) is 13.0 Å². The van der Waals surface area contributed by atoms with E-state index in [2.05, 4.69) is 4.98 Å². The zero-order valence-electron chi connectivity index (χ0n) is 7.04. The Morgan fingerprint density at radius 3 is 2.71 bits per heavy atom. The van der Waals surface area contributed by atoms with Crippen LogP contribution in [0.3, 0.4) is 0 Å². The highest BCUT2D eigenvalue weighted by atomic mass is 19.3. The third kappa shape index (κ3) is 1.78. The van der Waals surface area contributed by atoms with Crippen molar-refractivity contribution in [1.29, 1.82) is 5.26 Å². The molecule has 1 rings (SSSR count). The lowest BCUT2D eigenvalue weighted by Crippen LogP contribution is -2.04. The fraction of sp³-hybridized carbons (Fsp3) is 0.250. The molecule has 0 aliphatic carbocycles. The van der Waals surface area contributed by atoms with Crippen molar-refractivity contribution in [2.24, 2.45) is 0 Å². The Bertz CT molecular complexity index is 387. The van der Waals surface area contributed by atoms with Gasteiger partial charge in [0.1, 0.15) is 11.5 Å². The SMILES string of the molecule is N#Cc1cc(C(F)F)nc(N)c1CO. The summed E-state index contributed by atoms with van der Waals surface area (Å²) < 4.78 is 24.4. The van der Waals surface area contributed by atoms with Gasteiger partial charge in [0.25, 0.3) is 6.43 Å². The maximum Gasteiger partial charge on any atom is 0.280 e. The maximum atomic E-state index is 12.2. The summed E-state index contributed by atoms with van der Waals surface area (Å²) in [4.78, 5) is 3.37. The first-order valence-corrected chi connectivity index (χ1v) is 3.68. The van der Waals surface area contributed by atoms with Gasteiger partial charge in [-0.05, 0) is 6.07 Å². The topological polar surface area (TPSA) is 82.9 Å². The van der Waals surface area contributed by atoms with Gasteiger partial charge >= 0.3 is 0 Å². The predicted octanol–water partition coefficient (Wildman–Crippen LogP) is 0.965. The minimum atomic E-state index is -2.78. The van der Waals surface area contributed by atoms with Crippen LogP contribution in [0.1, 0.15) is 23.2 Å². The molecule has 0 radical (unpaired) electrons. The number of nitrogen functional groups attached to an aromatic ring is 1. The summed E-state index contributed by atoms with van der Waals surface area (Å²) >= 11 is 0. The van der Waals surface area contributed by atoms with Crippen molar-refractivity contribution in [3.8, 4) is 6.07 Å². The third-order valence-electron chi connectivity index (χ3n) is 1.68. The predicted molar refractivity (Wildman–Crippen MR) is 44.2 cm³/mol. The number of aliphatic hydroxyl groups excluding tert-OH is 1. The smallest absolute Gasteiger partial charge is 0.280 e. The second-order valence-electron chi connectivity index (χ2n) is 2.53. The Hall–Kier alpha value is -1.74. The number of halogens is 2. The summed E-state index contributed by atoms with van der Waals surface area (Å²) in [5.74, 6) is -0.234. The molecular weight excluding hydrogens is 192 g/mol. The fourth-order valence-corrected chi connectivity index (χ4v) is 0.990. The Balaban J connectivity index is 3.33. The standard InChI is InChI=1S/C8H7F2N3O/c9-7(10)6-1-4(2-11)5(3-14)8(12)13-6/h1,7,14H,3H2,(H2,12,13). The van der Waals surface area contributed by atoms with E-state index < -0.39 is 18.7 Å². The van der Waals surface area contributed by atoms with E-state index in [4.69, 9.17) is 16.1 Å². The van der Waals surface area contributed by atoms with E-state index in [0.29, 0.717) is 0 Å². The van der Waals surface area contributed by atoms with Gasteiger partial charge in [0.2, 0.25) is 0 Å². The van der Waals surface area contributed by atoms with Crippen LogP contribution in [0.4, 0.5) is 14.6 Å². The Labute approximate surface area is 78.6 Å². The van der Waals surface area contributed by atoms with Crippen LogP contribution in [0.5, 0.6) is 0 Å². The molecular formula is C8H7F2N3O. The number of pyridine rings is 1. The van der Waals surface area contributed by atoms with Gasteiger partial charge in [0.15, 0.2) is 0 Å². The highest BCUT2D eigenvalue weighted by Crippen LogP contribution is 2.22. The second kappa shape index (κ2) is 3.98. The van der Waals surface area contributed by atoms with Crippen molar-refractivity contribution in [3.05, 3.63) is 22.9 Å². The molecule has 1 aromatic heterocycles. The molecule has 1 aromatic rings. The molecule has 3 N–H and O–H groups in total. The van der Waals surface area contributed by atoms with Crippen LogP contribution in [0.25, 0.3) is 0 Å². The van der Waals surface area contributed by atoms with Crippen LogP contribution in [0.2, 0.25) is 0 Å². The molecule has 14 heavy (non-hydrogen) atoms. The van der Waals surface area contributed by atoms with E-state index in [0.717, 1.165) is 6.07 Å². The van der Waals surface area contributed by atoms with E-state index in [9.17, 15) is 8.78 Å². The van der Waals surface area contributed by atoms with Crippen molar-refractivity contribution in [1.82, 2.24) is 4.98 Å². The molecule has 6 heteroatoms. The van der Waals surface area contributed by atoms with E-state index in [1.165, 1.54) is 0 Å². The van der Waals surface area contributed by atoms with Gasteiger partial charge in [0.05, 0.1) is 18.2 Å². The zero-order valence-corrected chi connectivity index (χ0v) is 7.04. The molecule has 1 heterocycles. The normalized spacial score (nSPS) is 10.2. The minimum Gasteiger partial charge on any atom is -0.391 e. The summed E-state index contributed by atoms with van der Waals surface area (Å²) in [7, 11) is 0. The molecule has 74 valence electrons.